The molecular formula is C12H25Sb. The molecule has 0 aliphatic heterocycles. The summed E-state index contributed by atoms with van der Waals surface area (Å²) in [7, 11) is 0. The van der Waals surface area contributed by atoms with Crippen LogP contribution in [0.2, 0.25) is 3.86 Å². The van der Waals surface area contributed by atoms with Crippen LogP contribution in [0.4, 0.5) is 0 Å². The van der Waals surface area contributed by atoms with E-state index in [0.29, 0.717) is 0 Å². The first-order valence-electron chi connectivity index (χ1n) is 6.15. The van der Waals surface area contributed by atoms with E-state index in [1.54, 1.807) is 12.8 Å². The second-order valence-electron chi connectivity index (χ2n) is 4.52. The molecule has 0 N–H and O–H groups in total. The SMILES string of the molecule is [SbH2][CH]1CCCCCCCCCCC1. The Kier molecular flexibility index (Phi) is 7.46. The second kappa shape index (κ2) is 8.15. The molecule has 1 aliphatic rings. The molecule has 0 aromatic carbocycles. The molecule has 1 saturated carbocycles. The molecule has 0 aromatic heterocycles. The van der Waals surface area contributed by atoms with Gasteiger partial charge < -0.3 is 0 Å². The van der Waals surface area contributed by atoms with Crippen LogP contribution in [0.5, 0.6) is 0 Å². The minimum absolute atomic E-state index is 1.13. The predicted molar refractivity (Wildman–Crippen MR) is 63.1 cm³/mol. The van der Waals surface area contributed by atoms with Gasteiger partial charge in [-0.05, 0) is 0 Å². The fourth-order valence-corrected chi connectivity index (χ4v) is 3.54. The Labute approximate surface area is 97.4 Å². The van der Waals surface area contributed by atoms with Crippen LogP contribution in [0.3, 0.4) is 0 Å². The van der Waals surface area contributed by atoms with Gasteiger partial charge in [0.15, 0.2) is 0 Å². The van der Waals surface area contributed by atoms with Gasteiger partial charge in [0.1, 0.15) is 0 Å². The topological polar surface area (TPSA) is 0 Å². The molecule has 1 rings (SSSR count). The minimum atomic E-state index is 1.13. The fraction of sp³-hybridized carbons (Fsp3) is 1.00. The molecule has 1 heteroatoms. The molecule has 0 heterocycles. The van der Waals surface area contributed by atoms with Crippen molar-refractivity contribution in [3.63, 3.8) is 0 Å². The van der Waals surface area contributed by atoms with E-state index >= 15 is 0 Å². The fourth-order valence-electron chi connectivity index (χ4n) is 2.19. The van der Waals surface area contributed by atoms with E-state index in [2.05, 4.69) is 0 Å². The molecule has 0 aromatic rings. The molecule has 78 valence electrons. The molecule has 0 bridgehead atoms. The van der Waals surface area contributed by atoms with Crippen molar-refractivity contribution in [2.24, 2.45) is 0 Å². The number of hydrogen-bond acceptors (Lipinski definition) is 0. The Bertz CT molecular complexity index is 99.7. The van der Waals surface area contributed by atoms with E-state index < -0.39 is 0 Å². The van der Waals surface area contributed by atoms with E-state index in [4.69, 9.17) is 0 Å². The van der Waals surface area contributed by atoms with E-state index in [1.165, 1.54) is 80.8 Å². The van der Waals surface area contributed by atoms with Crippen molar-refractivity contribution in [2.75, 3.05) is 0 Å². The summed E-state index contributed by atoms with van der Waals surface area (Å²) in [5.41, 5.74) is 0. The first-order valence-corrected chi connectivity index (χ1v) is 8.05. The van der Waals surface area contributed by atoms with Gasteiger partial charge >= 0.3 is 97.5 Å². The monoisotopic (exact) mass is 290 g/mol. The van der Waals surface area contributed by atoms with Gasteiger partial charge in [0, 0.05) is 0 Å². The zero-order valence-corrected chi connectivity index (χ0v) is 12.2. The van der Waals surface area contributed by atoms with Gasteiger partial charge in [0.25, 0.3) is 0 Å². The molecule has 0 nitrogen and oxygen atoms in total. The summed E-state index contributed by atoms with van der Waals surface area (Å²) in [6, 6.07) is 0. The molecule has 1 fully saturated rings. The summed E-state index contributed by atoms with van der Waals surface area (Å²) in [4.78, 5) is 0. The summed E-state index contributed by atoms with van der Waals surface area (Å²) in [6.07, 6.45) is 16.7. The average molecular weight is 291 g/mol. The van der Waals surface area contributed by atoms with Crippen LogP contribution in [0.25, 0.3) is 0 Å². The Morgan fingerprint density at radius 3 is 1.23 bits per heavy atom. The zero-order chi connectivity index (χ0) is 9.36. The molecule has 0 unspecified atom stereocenters. The maximum atomic E-state index is 1.54. The van der Waals surface area contributed by atoms with Crippen molar-refractivity contribution >= 4 is 23.0 Å². The Balaban J connectivity index is 2.11. The molecular weight excluding hydrogens is 266 g/mol. The Morgan fingerprint density at radius 2 is 0.846 bits per heavy atom. The molecule has 1 aliphatic carbocycles. The third kappa shape index (κ3) is 6.83. The van der Waals surface area contributed by atoms with Crippen molar-refractivity contribution in [3.8, 4) is 0 Å². The molecule has 0 atom stereocenters. The standard InChI is InChI=1S/C12H23.Sb.2H/c1-2-4-6-8-10-12-11-9-7-5-3-1;;;/h1H,2-12H2;;;. The Hall–Kier alpha value is 0.818. The van der Waals surface area contributed by atoms with Crippen molar-refractivity contribution in [2.45, 2.75) is 74.5 Å². The average Bonchev–Trinajstić information content (AvgIpc) is 2.11. The summed E-state index contributed by atoms with van der Waals surface area (Å²) in [5, 5.41) is 0. The summed E-state index contributed by atoms with van der Waals surface area (Å²) in [5.74, 6) is 0. The van der Waals surface area contributed by atoms with E-state index in [-0.39, 0.29) is 0 Å². The normalized spacial score (nSPS) is 24.7. The Morgan fingerprint density at radius 1 is 0.538 bits per heavy atom. The summed E-state index contributed by atoms with van der Waals surface area (Å²) >= 11 is 1.51. The first-order chi connectivity index (χ1) is 6.39. The predicted octanol–water partition coefficient (Wildman–Crippen LogP) is 3.71. The van der Waals surface area contributed by atoms with Crippen molar-refractivity contribution < 1.29 is 0 Å². The van der Waals surface area contributed by atoms with Crippen LogP contribution < -0.4 is 0 Å². The van der Waals surface area contributed by atoms with E-state index in [1.807, 2.05) is 0 Å². The molecule has 0 radical (unpaired) electrons. The summed E-state index contributed by atoms with van der Waals surface area (Å²) < 4.78 is 1.13. The molecule has 0 spiro atoms. The third-order valence-electron chi connectivity index (χ3n) is 3.15. The molecule has 13 heavy (non-hydrogen) atoms. The van der Waals surface area contributed by atoms with Crippen LogP contribution in [-0.2, 0) is 0 Å². The van der Waals surface area contributed by atoms with Gasteiger partial charge in [0.05, 0.1) is 0 Å². The molecule has 0 amide bonds. The van der Waals surface area contributed by atoms with Crippen LogP contribution >= 0.6 is 0 Å². The van der Waals surface area contributed by atoms with Gasteiger partial charge in [-0.15, -0.1) is 0 Å². The molecule has 0 saturated heterocycles. The van der Waals surface area contributed by atoms with Crippen LogP contribution in [0, 0.1) is 0 Å². The van der Waals surface area contributed by atoms with Gasteiger partial charge in [-0.1, -0.05) is 0 Å². The van der Waals surface area contributed by atoms with Crippen molar-refractivity contribution in [1.82, 2.24) is 0 Å². The van der Waals surface area contributed by atoms with Gasteiger partial charge in [-0.3, -0.25) is 0 Å². The second-order valence-corrected chi connectivity index (χ2v) is 7.21. The van der Waals surface area contributed by atoms with E-state index in [9.17, 15) is 0 Å². The van der Waals surface area contributed by atoms with Crippen molar-refractivity contribution in [3.05, 3.63) is 0 Å². The zero-order valence-electron chi connectivity index (χ0n) is 8.93. The van der Waals surface area contributed by atoms with Crippen LogP contribution in [0.1, 0.15) is 70.6 Å². The van der Waals surface area contributed by atoms with E-state index in [0.717, 1.165) is 3.86 Å². The van der Waals surface area contributed by atoms with Gasteiger partial charge in [-0.25, -0.2) is 0 Å². The number of hydrogen-bond donors (Lipinski definition) is 0. The van der Waals surface area contributed by atoms with Crippen LogP contribution in [-0.4, -0.2) is 23.0 Å². The number of rotatable bonds is 0. The quantitative estimate of drug-likeness (QED) is 0.597. The van der Waals surface area contributed by atoms with Crippen molar-refractivity contribution in [1.29, 1.82) is 0 Å². The summed E-state index contributed by atoms with van der Waals surface area (Å²) in [6.45, 7) is 0. The maximum absolute atomic E-state index is 1.54. The van der Waals surface area contributed by atoms with Gasteiger partial charge in [-0.2, -0.15) is 0 Å². The van der Waals surface area contributed by atoms with Crippen LogP contribution in [0.15, 0.2) is 0 Å². The first kappa shape index (κ1) is 11.9. The third-order valence-corrected chi connectivity index (χ3v) is 5.05. The van der Waals surface area contributed by atoms with Gasteiger partial charge in [0.2, 0.25) is 0 Å².